The molecule has 1 aliphatic rings. The van der Waals surface area contributed by atoms with Crippen molar-refractivity contribution < 1.29 is 43.0 Å². The van der Waals surface area contributed by atoms with Crippen molar-refractivity contribution in [2.45, 2.75) is 166 Å². The van der Waals surface area contributed by atoms with Gasteiger partial charge in [0, 0.05) is 11.9 Å². The standard InChI is InChI=1S/C35H63N4O9PS2/c1-4-6-8-10-12-13-14-16-18-23-51-29(20-17-15-11-9-7-5-2)27(3)44-21-19-22-45-49(42,43)46-24-28-31(40)32(41)35(47-28)48-39-26-38-30-33(39)36-25-37-34(30)50/h25-29,31-32,35,40-41H,4-24H2,1-3H3,(H,42,43)(H,36,37,50)/t27?,28-,29?,31-,32-,35+/m1/s1. The van der Waals surface area contributed by atoms with Gasteiger partial charge in [-0.3, -0.25) is 9.05 Å². The summed E-state index contributed by atoms with van der Waals surface area (Å²) in [5, 5.41) is 21.4. The van der Waals surface area contributed by atoms with E-state index >= 15 is 0 Å². The number of phosphoric ester groups is 1. The number of unbranched alkanes of at least 4 members (excludes halogenated alkanes) is 13. The number of aromatic nitrogens is 4. The molecule has 0 bridgehead atoms. The van der Waals surface area contributed by atoms with Gasteiger partial charge in [-0.1, -0.05) is 116 Å². The number of fused-ring (bicyclic) bond motifs is 1. The number of hydrogen-bond acceptors (Lipinski definition) is 12. The second-order valence-electron chi connectivity index (χ2n) is 13.4. The quantitative estimate of drug-likeness (QED) is 0.0346. The van der Waals surface area contributed by atoms with Crippen LogP contribution in [0.3, 0.4) is 0 Å². The van der Waals surface area contributed by atoms with Gasteiger partial charge in [-0.2, -0.15) is 16.5 Å². The summed E-state index contributed by atoms with van der Waals surface area (Å²) in [6, 6.07) is 0. The maximum Gasteiger partial charge on any atom is 0.472 e. The molecule has 0 aliphatic carbocycles. The average Bonchev–Trinajstić information content (AvgIpc) is 3.65. The smallest absolute Gasteiger partial charge is 0.387 e. The average molecular weight is 779 g/mol. The first kappa shape index (κ1) is 44.3. The van der Waals surface area contributed by atoms with Crippen LogP contribution in [0.2, 0.25) is 0 Å². The van der Waals surface area contributed by atoms with Crippen molar-refractivity contribution in [3.05, 3.63) is 17.3 Å². The second-order valence-corrected chi connectivity index (χ2v) is 16.6. The molecular formula is C35H63N4O9PS2. The van der Waals surface area contributed by atoms with Crippen molar-refractivity contribution in [2.24, 2.45) is 0 Å². The molecule has 1 saturated heterocycles. The predicted octanol–water partition coefficient (Wildman–Crippen LogP) is 7.68. The number of aliphatic hydroxyl groups excluding tert-OH is 2. The van der Waals surface area contributed by atoms with Crippen molar-refractivity contribution in [2.75, 3.05) is 25.6 Å². The molecule has 2 aromatic rings. The molecule has 2 aromatic heterocycles. The fourth-order valence-corrected chi connectivity index (χ4v) is 8.34. The summed E-state index contributed by atoms with van der Waals surface area (Å²) in [5.41, 5.74) is 0.766. The molecule has 7 atom stereocenters. The van der Waals surface area contributed by atoms with Crippen LogP contribution in [-0.2, 0) is 23.1 Å². The molecule has 1 fully saturated rings. The fraction of sp³-hybridized carbons (Fsp3) is 0.857. The van der Waals surface area contributed by atoms with Gasteiger partial charge in [0.15, 0.2) is 10.3 Å². The minimum absolute atomic E-state index is 0.0411. The minimum atomic E-state index is -4.46. The van der Waals surface area contributed by atoms with Gasteiger partial charge in [-0.15, -0.1) is 0 Å². The third-order valence-electron chi connectivity index (χ3n) is 9.13. The fourth-order valence-electron chi connectivity index (χ4n) is 6.01. The lowest BCUT2D eigenvalue weighted by Gasteiger charge is -2.24. The Kier molecular flexibility index (Phi) is 21.7. The molecule has 0 radical (unpaired) electrons. The maximum absolute atomic E-state index is 12.6. The van der Waals surface area contributed by atoms with Gasteiger partial charge in [0.25, 0.3) is 6.29 Å². The van der Waals surface area contributed by atoms with Gasteiger partial charge in [-0.05, 0) is 31.9 Å². The first-order chi connectivity index (χ1) is 24.7. The largest absolute Gasteiger partial charge is 0.472 e. The molecule has 0 spiro atoms. The molecule has 13 nitrogen and oxygen atoms in total. The zero-order chi connectivity index (χ0) is 36.9. The van der Waals surface area contributed by atoms with Gasteiger partial charge in [0.1, 0.15) is 30.2 Å². The van der Waals surface area contributed by atoms with Crippen LogP contribution in [0.25, 0.3) is 11.2 Å². The molecule has 1 aliphatic heterocycles. The number of H-pyrrole nitrogens is 1. The van der Waals surface area contributed by atoms with E-state index in [9.17, 15) is 19.7 Å². The Morgan fingerprint density at radius 3 is 2.25 bits per heavy atom. The van der Waals surface area contributed by atoms with Gasteiger partial charge in [0.05, 0.1) is 25.6 Å². The molecule has 3 unspecified atom stereocenters. The number of imidazole rings is 1. The number of nitrogens with zero attached hydrogens (tertiary/aromatic N) is 3. The van der Waals surface area contributed by atoms with Crippen LogP contribution in [-0.4, -0.2) is 96.3 Å². The summed E-state index contributed by atoms with van der Waals surface area (Å²) in [6.07, 6.45) is 18.5. The number of thioether (sulfide) groups is 1. The predicted molar refractivity (Wildman–Crippen MR) is 203 cm³/mol. The lowest BCUT2D eigenvalue weighted by Crippen LogP contribution is -2.38. The highest BCUT2D eigenvalue weighted by molar-refractivity contribution is 7.99. The number of aromatic amines is 1. The normalized spacial score (nSPS) is 21.6. The van der Waals surface area contributed by atoms with Crippen molar-refractivity contribution in [3.63, 3.8) is 0 Å². The van der Waals surface area contributed by atoms with Gasteiger partial charge in [0.2, 0.25) is 0 Å². The van der Waals surface area contributed by atoms with E-state index in [1.165, 1.54) is 114 Å². The number of rotatable bonds is 30. The van der Waals surface area contributed by atoms with E-state index in [4.69, 9.17) is 35.6 Å². The molecular weight excluding hydrogens is 716 g/mol. The van der Waals surface area contributed by atoms with E-state index in [1.807, 2.05) is 11.8 Å². The van der Waals surface area contributed by atoms with Crippen LogP contribution >= 0.6 is 31.8 Å². The van der Waals surface area contributed by atoms with E-state index in [0.717, 1.165) is 12.2 Å². The molecule has 16 heteroatoms. The molecule has 0 amide bonds. The SMILES string of the molecule is CCCCCCCCCCCSC(CCCCCCCC)C(C)OCCCOP(=O)(O)OC[C@H]1O[C@@H](On2cnc3c(=S)nc[nH]c32)[C@H](O)[C@@H]1O. The van der Waals surface area contributed by atoms with Crippen LogP contribution in [0, 0.1) is 4.64 Å². The lowest BCUT2D eigenvalue weighted by molar-refractivity contribution is -0.168. The number of aliphatic hydroxyl groups is 2. The number of phosphoric acid groups is 1. The minimum Gasteiger partial charge on any atom is -0.387 e. The van der Waals surface area contributed by atoms with Crippen molar-refractivity contribution in [1.29, 1.82) is 0 Å². The topological polar surface area (TPSA) is 170 Å². The third-order valence-corrected chi connectivity index (χ3v) is 12.0. The Bertz CT molecular complexity index is 1320. The molecule has 0 saturated carbocycles. The maximum atomic E-state index is 12.6. The first-order valence-corrected chi connectivity index (χ1v) is 22.1. The van der Waals surface area contributed by atoms with E-state index < -0.39 is 39.0 Å². The number of nitrogens with one attached hydrogen (secondary N) is 1. The molecule has 3 heterocycles. The van der Waals surface area contributed by atoms with E-state index in [-0.39, 0.29) is 17.4 Å². The van der Waals surface area contributed by atoms with Crippen LogP contribution < -0.4 is 4.84 Å². The molecule has 0 aromatic carbocycles. The Balaban J connectivity index is 1.34. The first-order valence-electron chi connectivity index (χ1n) is 19.1. The molecule has 294 valence electrons. The van der Waals surface area contributed by atoms with E-state index in [1.54, 1.807) is 0 Å². The highest BCUT2D eigenvalue weighted by Crippen LogP contribution is 2.44. The lowest BCUT2D eigenvalue weighted by atomic mass is 10.1. The summed E-state index contributed by atoms with van der Waals surface area (Å²) in [5.74, 6) is 1.15. The van der Waals surface area contributed by atoms with E-state index in [2.05, 4.69) is 35.7 Å². The van der Waals surface area contributed by atoms with Crippen LogP contribution in [0.5, 0.6) is 0 Å². The van der Waals surface area contributed by atoms with Crippen molar-refractivity contribution in [1.82, 2.24) is 19.7 Å². The Labute approximate surface area is 313 Å². The zero-order valence-corrected chi connectivity index (χ0v) is 33.4. The Morgan fingerprint density at radius 1 is 0.922 bits per heavy atom. The summed E-state index contributed by atoms with van der Waals surface area (Å²) in [6.45, 7) is 6.48. The van der Waals surface area contributed by atoms with Gasteiger partial charge >= 0.3 is 7.82 Å². The van der Waals surface area contributed by atoms with Crippen LogP contribution in [0.15, 0.2) is 12.7 Å². The summed E-state index contributed by atoms with van der Waals surface area (Å²) >= 11 is 7.17. The number of ether oxygens (including phenoxy) is 2. The summed E-state index contributed by atoms with van der Waals surface area (Å²) < 4.78 is 36.1. The molecule has 3 rings (SSSR count). The Morgan fingerprint density at radius 2 is 1.57 bits per heavy atom. The van der Waals surface area contributed by atoms with Gasteiger partial charge < -0.3 is 34.4 Å². The Hall–Kier alpha value is -1.13. The monoisotopic (exact) mass is 778 g/mol. The van der Waals surface area contributed by atoms with Crippen molar-refractivity contribution in [3.8, 4) is 0 Å². The summed E-state index contributed by atoms with van der Waals surface area (Å²) in [7, 11) is -4.46. The number of hydrogen-bond donors (Lipinski definition) is 4. The van der Waals surface area contributed by atoms with Crippen molar-refractivity contribution >= 4 is 43.0 Å². The zero-order valence-electron chi connectivity index (χ0n) is 30.9. The highest BCUT2D eigenvalue weighted by Gasteiger charge is 2.46. The highest BCUT2D eigenvalue weighted by atomic mass is 32.2. The summed E-state index contributed by atoms with van der Waals surface area (Å²) in [4.78, 5) is 26.8. The van der Waals surface area contributed by atoms with E-state index in [0.29, 0.717) is 29.4 Å². The molecule has 4 N–H and O–H groups in total. The van der Waals surface area contributed by atoms with Crippen LogP contribution in [0.1, 0.15) is 130 Å². The second kappa shape index (κ2) is 25.0. The third kappa shape index (κ3) is 16.4. The molecule has 51 heavy (non-hydrogen) atoms. The van der Waals surface area contributed by atoms with Gasteiger partial charge in [-0.25, -0.2) is 14.5 Å². The van der Waals surface area contributed by atoms with Crippen LogP contribution in [0.4, 0.5) is 0 Å².